The number of piperazine rings is 1. The lowest BCUT2D eigenvalue weighted by molar-refractivity contribution is -0.141. The van der Waals surface area contributed by atoms with Gasteiger partial charge in [-0.3, -0.25) is 9.69 Å². The van der Waals surface area contributed by atoms with E-state index >= 15 is 0 Å². The van der Waals surface area contributed by atoms with Crippen LogP contribution in [0.4, 0.5) is 5.69 Å². The van der Waals surface area contributed by atoms with Crippen molar-refractivity contribution in [3.05, 3.63) is 60.2 Å². The van der Waals surface area contributed by atoms with Crippen LogP contribution in [-0.4, -0.2) is 56.4 Å². The highest BCUT2D eigenvalue weighted by Crippen LogP contribution is 2.17. The molecule has 6 nitrogen and oxygen atoms in total. The van der Waals surface area contributed by atoms with Gasteiger partial charge in [-0.15, -0.1) is 24.8 Å². The summed E-state index contributed by atoms with van der Waals surface area (Å²) in [6, 6.07) is 17.3. The molecule has 0 aromatic heterocycles. The van der Waals surface area contributed by atoms with Gasteiger partial charge >= 0.3 is 0 Å². The molecule has 2 unspecified atom stereocenters. The Morgan fingerprint density at radius 2 is 1.70 bits per heavy atom. The van der Waals surface area contributed by atoms with Crippen LogP contribution in [-0.2, 0) is 16.0 Å². The Kier molecular flexibility index (Phi) is 11.8. The van der Waals surface area contributed by atoms with E-state index in [1.54, 1.807) is 7.11 Å². The molecular formula is C22H31Cl2N3O3. The van der Waals surface area contributed by atoms with Gasteiger partial charge in [0.05, 0.1) is 7.11 Å². The lowest BCUT2D eigenvalue weighted by Crippen LogP contribution is -2.50. The summed E-state index contributed by atoms with van der Waals surface area (Å²) in [6.07, 6.45) is -0.175. The van der Waals surface area contributed by atoms with Crippen LogP contribution in [0.15, 0.2) is 54.6 Å². The van der Waals surface area contributed by atoms with Crippen molar-refractivity contribution in [1.82, 2.24) is 10.2 Å². The first-order chi connectivity index (χ1) is 13.7. The Labute approximate surface area is 191 Å². The van der Waals surface area contributed by atoms with Gasteiger partial charge in [0.15, 0.2) is 0 Å². The third-order valence-corrected chi connectivity index (χ3v) is 4.94. The van der Waals surface area contributed by atoms with Crippen molar-refractivity contribution in [2.75, 3.05) is 38.6 Å². The van der Waals surface area contributed by atoms with Crippen molar-refractivity contribution >= 4 is 36.4 Å². The molecule has 2 N–H and O–H groups in total. The Bertz CT molecular complexity index is 741. The summed E-state index contributed by atoms with van der Waals surface area (Å²) >= 11 is 0. The summed E-state index contributed by atoms with van der Waals surface area (Å²) in [5, 5.41) is 6.31. The first-order valence-corrected chi connectivity index (χ1v) is 9.75. The van der Waals surface area contributed by atoms with Gasteiger partial charge in [0.1, 0.15) is 18.1 Å². The summed E-state index contributed by atoms with van der Waals surface area (Å²) in [5.41, 5.74) is 1.80. The number of amides is 1. The van der Waals surface area contributed by atoms with Gasteiger partial charge in [-0.1, -0.05) is 30.3 Å². The normalized spacial score (nSPS) is 15.8. The molecule has 0 spiro atoms. The molecule has 1 amide bonds. The molecule has 3 rings (SSSR count). The monoisotopic (exact) mass is 455 g/mol. The molecule has 1 aliphatic rings. The minimum absolute atomic E-state index is 0. The topological polar surface area (TPSA) is 62.8 Å². The second-order valence-corrected chi connectivity index (χ2v) is 6.92. The number of anilines is 1. The van der Waals surface area contributed by atoms with Gasteiger partial charge in [-0.25, -0.2) is 0 Å². The zero-order valence-electron chi connectivity index (χ0n) is 17.4. The van der Waals surface area contributed by atoms with Crippen LogP contribution in [0.25, 0.3) is 0 Å². The maximum atomic E-state index is 13.0. The van der Waals surface area contributed by atoms with Crippen LogP contribution < -0.4 is 15.4 Å². The second kappa shape index (κ2) is 13.5. The minimum Gasteiger partial charge on any atom is -0.497 e. The van der Waals surface area contributed by atoms with E-state index in [-0.39, 0.29) is 36.9 Å². The van der Waals surface area contributed by atoms with Gasteiger partial charge in [0.2, 0.25) is 0 Å². The smallest absolute Gasteiger partial charge is 0.253 e. The van der Waals surface area contributed by atoms with E-state index in [1.807, 2.05) is 61.5 Å². The number of rotatable bonds is 8. The molecule has 2 aromatic rings. The zero-order chi connectivity index (χ0) is 19.8. The lowest BCUT2D eigenvalue weighted by Gasteiger charge is -2.34. The summed E-state index contributed by atoms with van der Waals surface area (Å²) in [5.74, 6) is 0.610. The molecule has 1 aliphatic heterocycles. The highest BCUT2D eigenvalue weighted by Gasteiger charge is 2.26. The Morgan fingerprint density at radius 3 is 2.30 bits per heavy atom. The molecule has 1 saturated heterocycles. The van der Waals surface area contributed by atoms with Crippen molar-refractivity contribution in [1.29, 1.82) is 0 Å². The number of carbonyl (C=O) groups excluding carboxylic acids is 1. The first kappa shape index (κ1) is 26.2. The van der Waals surface area contributed by atoms with E-state index in [9.17, 15) is 4.79 Å². The van der Waals surface area contributed by atoms with E-state index in [2.05, 4.69) is 15.5 Å². The predicted molar refractivity (Wildman–Crippen MR) is 125 cm³/mol. The molecule has 166 valence electrons. The molecule has 0 aliphatic carbocycles. The molecule has 8 heteroatoms. The molecule has 0 bridgehead atoms. The lowest BCUT2D eigenvalue weighted by atomic mass is 10.1. The molecule has 1 heterocycles. The number of hydrogen-bond acceptors (Lipinski definition) is 5. The highest BCUT2D eigenvalue weighted by molar-refractivity contribution is 5.94. The third kappa shape index (κ3) is 7.78. The predicted octanol–water partition coefficient (Wildman–Crippen LogP) is 3.36. The molecule has 1 fully saturated rings. The quantitative estimate of drug-likeness (QED) is 0.638. The van der Waals surface area contributed by atoms with Crippen molar-refractivity contribution in [2.45, 2.75) is 25.7 Å². The van der Waals surface area contributed by atoms with Gasteiger partial charge in [0.25, 0.3) is 5.91 Å². The molecule has 0 saturated carbocycles. The maximum Gasteiger partial charge on any atom is 0.253 e. The zero-order valence-corrected chi connectivity index (χ0v) is 19.0. The SMILES string of the molecule is COc1ccc(NC(=O)C(Cc2ccccc2)OC(C)N2CCNCC2)cc1.Cl.Cl. The fraction of sp³-hybridized carbons (Fsp3) is 0.409. The van der Waals surface area contributed by atoms with Crippen LogP contribution in [0.3, 0.4) is 0 Å². The Morgan fingerprint density at radius 1 is 1.07 bits per heavy atom. The number of hydrogen-bond donors (Lipinski definition) is 2. The molecule has 30 heavy (non-hydrogen) atoms. The first-order valence-electron chi connectivity index (χ1n) is 9.75. The fourth-order valence-electron chi connectivity index (χ4n) is 3.30. The third-order valence-electron chi connectivity index (χ3n) is 4.94. The van der Waals surface area contributed by atoms with Gasteiger partial charge in [-0.2, -0.15) is 0 Å². The number of benzene rings is 2. The van der Waals surface area contributed by atoms with Crippen LogP contribution in [0.5, 0.6) is 5.75 Å². The fourth-order valence-corrected chi connectivity index (χ4v) is 3.30. The molecule has 0 radical (unpaired) electrons. The molecule has 2 atom stereocenters. The number of ether oxygens (including phenoxy) is 2. The number of nitrogens with one attached hydrogen (secondary N) is 2. The van der Waals surface area contributed by atoms with E-state index in [0.717, 1.165) is 43.2 Å². The van der Waals surface area contributed by atoms with Crippen LogP contribution in [0.2, 0.25) is 0 Å². The van der Waals surface area contributed by atoms with Crippen molar-refractivity contribution in [3.63, 3.8) is 0 Å². The van der Waals surface area contributed by atoms with E-state index < -0.39 is 6.10 Å². The molecule has 2 aromatic carbocycles. The highest BCUT2D eigenvalue weighted by atomic mass is 35.5. The van der Waals surface area contributed by atoms with E-state index in [4.69, 9.17) is 9.47 Å². The van der Waals surface area contributed by atoms with E-state index in [0.29, 0.717) is 6.42 Å². The Hall–Kier alpha value is -1.83. The van der Waals surface area contributed by atoms with Gasteiger partial charge in [0, 0.05) is 38.3 Å². The number of carbonyl (C=O) groups is 1. The summed E-state index contributed by atoms with van der Waals surface area (Å²) in [7, 11) is 1.62. The molecular weight excluding hydrogens is 425 g/mol. The largest absolute Gasteiger partial charge is 0.497 e. The van der Waals surface area contributed by atoms with Crippen LogP contribution in [0.1, 0.15) is 12.5 Å². The van der Waals surface area contributed by atoms with Crippen molar-refractivity contribution < 1.29 is 14.3 Å². The summed E-state index contributed by atoms with van der Waals surface area (Å²) in [4.78, 5) is 15.3. The second-order valence-electron chi connectivity index (χ2n) is 6.92. The maximum absolute atomic E-state index is 13.0. The van der Waals surface area contributed by atoms with Gasteiger partial charge in [-0.05, 0) is 36.8 Å². The van der Waals surface area contributed by atoms with Gasteiger partial charge < -0.3 is 20.1 Å². The Balaban J connectivity index is 0.00000225. The van der Waals surface area contributed by atoms with Crippen LogP contribution >= 0.6 is 24.8 Å². The van der Waals surface area contributed by atoms with Crippen LogP contribution in [0, 0.1) is 0 Å². The minimum atomic E-state index is -0.575. The standard InChI is InChI=1S/C22H29N3O3.2ClH/c1-17(25-14-12-23-13-15-25)28-21(16-18-6-4-3-5-7-18)22(26)24-19-8-10-20(27-2)11-9-19;;/h3-11,17,21,23H,12-16H2,1-2H3,(H,24,26);2*1H. The average molecular weight is 456 g/mol. The van der Waals surface area contributed by atoms with Crippen molar-refractivity contribution in [2.24, 2.45) is 0 Å². The number of halogens is 2. The number of methoxy groups -OCH3 is 1. The van der Waals surface area contributed by atoms with Crippen molar-refractivity contribution in [3.8, 4) is 5.75 Å². The average Bonchev–Trinajstić information content (AvgIpc) is 2.75. The number of nitrogens with zero attached hydrogens (tertiary/aromatic N) is 1. The summed E-state index contributed by atoms with van der Waals surface area (Å²) < 4.78 is 11.4. The summed E-state index contributed by atoms with van der Waals surface area (Å²) in [6.45, 7) is 5.73. The van der Waals surface area contributed by atoms with E-state index in [1.165, 1.54) is 0 Å².